The Morgan fingerprint density at radius 2 is 1.95 bits per heavy atom. The standard InChI is InChI=1S/C15H24N2O2S2/c1-15(8-4-5-9-15)12-17-21(18,19)11-10-20-14-7-3-2-6-13(14)16/h2-3,6-7,17H,4-5,8-12,16H2,1H3. The van der Waals surface area contributed by atoms with E-state index in [2.05, 4.69) is 11.6 Å². The molecule has 0 saturated heterocycles. The van der Waals surface area contributed by atoms with Crippen molar-refractivity contribution in [3.05, 3.63) is 24.3 Å². The molecule has 4 nitrogen and oxygen atoms in total. The van der Waals surface area contributed by atoms with Crippen LogP contribution in [0.3, 0.4) is 0 Å². The van der Waals surface area contributed by atoms with Crippen LogP contribution in [0.2, 0.25) is 0 Å². The van der Waals surface area contributed by atoms with E-state index in [0.29, 0.717) is 18.0 Å². The number of rotatable bonds is 7. The van der Waals surface area contributed by atoms with Crippen LogP contribution in [0.25, 0.3) is 0 Å². The fraction of sp³-hybridized carbons (Fsp3) is 0.600. The van der Waals surface area contributed by atoms with Crippen LogP contribution >= 0.6 is 11.8 Å². The van der Waals surface area contributed by atoms with Crippen LogP contribution in [0.5, 0.6) is 0 Å². The van der Waals surface area contributed by atoms with Gasteiger partial charge in [-0.1, -0.05) is 31.9 Å². The first-order valence-electron chi connectivity index (χ1n) is 7.35. The van der Waals surface area contributed by atoms with Gasteiger partial charge in [0.15, 0.2) is 0 Å². The third-order valence-electron chi connectivity index (χ3n) is 4.06. The summed E-state index contributed by atoms with van der Waals surface area (Å²) in [5, 5.41) is 0. The van der Waals surface area contributed by atoms with Crippen LogP contribution in [0, 0.1) is 5.41 Å². The molecule has 1 aromatic rings. The van der Waals surface area contributed by atoms with Crippen molar-refractivity contribution in [3.8, 4) is 0 Å². The Morgan fingerprint density at radius 1 is 1.29 bits per heavy atom. The molecule has 6 heteroatoms. The number of anilines is 1. The number of nitrogens with one attached hydrogen (secondary N) is 1. The SMILES string of the molecule is CC1(CNS(=O)(=O)CCSc2ccccc2N)CCCC1. The fourth-order valence-electron chi connectivity index (χ4n) is 2.63. The molecule has 0 bridgehead atoms. The summed E-state index contributed by atoms with van der Waals surface area (Å²) in [5.41, 5.74) is 6.69. The number of sulfonamides is 1. The second-order valence-corrected chi connectivity index (χ2v) is 9.11. The Hall–Kier alpha value is -0.720. The second-order valence-electron chi connectivity index (χ2n) is 6.04. The molecule has 0 spiro atoms. The smallest absolute Gasteiger partial charge is 0.212 e. The average Bonchev–Trinajstić information content (AvgIpc) is 2.87. The largest absolute Gasteiger partial charge is 0.398 e. The summed E-state index contributed by atoms with van der Waals surface area (Å²) < 4.78 is 26.9. The normalized spacial score (nSPS) is 18.0. The first-order valence-corrected chi connectivity index (χ1v) is 9.99. The summed E-state index contributed by atoms with van der Waals surface area (Å²) in [6, 6.07) is 7.53. The van der Waals surface area contributed by atoms with Crippen molar-refractivity contribution in [1.29, 1.82) is 0 Å². The monoisotopic (exact) mass is 328 g/mol. The van der Waals surface area contributed by atoms with Crippen molar-refractivity contribution in [2.45, 2.75) is 37.5 Å². The Kier molecular flexibility index (Phi) is 5.57. The fourth-order valence-corrected chi connectivity index (χ4v) is 5.19. The van der Waals surface area contributed by atoms with E-state index >= 15 is 0 Å². The molecule has 0 atom stereocenters. The maximum Gasteiger partial charge on any atom is 0.212 e. The third-order valence-corrected chi connectivity index (χ3v) is 6.73. The summed E-state index contributed by atoms with van der Waals surface area (Å²) in [7, 11) is -3.20. The number of para-hydroxylation sites is 1. The summed E-state index contributed by atoms with van der Waals surface area (Å²) in [6.07, 6.45) is 4.65. The molecule has 0 amide bonds. The van der Waals surface area contributed by atoms with E-state index in [-0.39, 0.29) is 11.2 Å². The van der Waals surface area contributed by atoms with Crippen LogP contribution in [0.15, 0.2) is 29.2 Å². The maximum absolute atomic E-state index is 12.0. The lowest BCUT2D eigenvalue weighted by Crippen LogP contribution is -2.35. The molecule has 0 aromatic heterocycles. The van der Waals surface area contributed by atoms with Crippen molar-refractivity contribution >= 4 is 27.5 Å². The van der Waals surface area contributed by atoms with Gasteiger partial charge in [-0.05, 0) is 30.4 Å². The molecule has 0 radical (unpaired) electrons. The predicted molar refractivity (Wildman–Crippen MR) is 89.9 cm³/mol. The highest BCUT2D eigenvalue weighted by molar-refractivity contribution is 8.00. The Balaban J connectivity index is 1.77. The van der Waals surface area contributed by atoms with Crippen LogP contribution < -0.4 is 10.5 Å². The Bertz CT molecular complexity index is 567. The summed E-state index contributed by atoms with van der Waals surface area (Å²) in [5.74, 6) is 0.641. The highest BCUT2D eigenvalue weighted by Crippen LogP contribution is 2.36. The van der Waals surface area contributed by atoms with Gasteiger partial charge in [0.1, 0.15) is 0 Å². The topological polar surface area (TPSA) is 72.2 Å². The molecule has 0 heterocycles. The van der Waals surface area contributed by atoms with Gasteiger partial charge in [0.05, 0.1) is 5.75 Å². The minimum atomic E-state index is -3.20. The van der Waals surface area contributed by atoms with E-state index in [4.69, 9.17) is 5.73 Å². The van der Waals surface area contributed by atoms with Gasteiger partial charge in [-0.3, -0.25) is 0 Å². The Morgan fingerprint density at radius 3 is 2.62 bits per heavy atom. The minimum absolute atomic E-state index is 0.127. The summed E-state index contributed by atoms with van der Waals surface area (Å²) in [4.78, 5) is 0.940. The molecular weight excluding hydrogens is 304 g/mol. The van der Waals surface area contributed by atoms with Crippen molar-refractivity contribution < 1.29 is 8.42 Å². The summed E-state index contributed by atoms with van der Waals surface area (Å²) >= 11 is 1.49. The highest BCUT2D eigenvalue weighted by atomic mass is 32.2. The molecule has 21 heavy (non-hydrogen) atoms. The van der Waals surface area contributed by atoms with Gasteiger partial charge in [-0.15, -0.1) is 11.8 Å². The maximum atomic E-state index is 12.0. The van der Waals surface area contributed by atoms with Gasteiger partial charge in [-0.25, -0.2) is 13.1 Å². The number of hydrogen-bond donors (Lipinski definition) is 2. The van der Waals surface area contributed by atoms with Crippen LogP contribution in [0.4, 0.5) is 5.69 Å². The van der Waals surface area contributed by atoms with Gasteiger partial charge in [0, 0.05) is 22.9 Å². The quantitative estimate of drug-likeness (QED) is 0.596. The van der Waals surface area contributed by atoms with E-state index in [9.17, 15) is 8.42 Å². The molecule has 1 aliphatic rings. The number of thioether (sulfide) groups is 1. The zero-order valence-electron chi connectivity index (χ0n) is 12.5. The molecule has 1 aliphatic carbocycles. The zero-order chi connectivity index (χ0) is 15.3. The lowest BCUT2D eigenvalue weighted by molar-refractivity contribution is 0.336. The third kappa shape index (κ3) is 5.20. The van der Waals surface area contributed by atoms with Gasteiger partial charge >= 0.3 is 0 Å². The predicted octanol–water partition coefficient (Wildman–Crippen LogP) is 2.86. The van der Waals surface area contributed by atoms with Crippen molar-refractivity contribution in [2.24, 2.45) is 5.41 Å². The number of nitrogen functional groups attached to an aromatic ring is 1. The highest BCUT2D eigenvalue weighted by Gasteiger charge is 2.29. The minimum Gasteiger partial charge on any atom is -0.398 e. The first-order chi connectivity index (χ1) is 9.90. The van der Waals surface area contributed by atoms with Crippen LogP contribution in [-0.4, -0.2) is 26.5 Å². The molecule has 1 saturated carbocycles. The summed E-state index contributed by atoms with van der Waals surface area (Å²) in [6.45, 7) is 2.73. The van der Waals surface area contributed by atoms with E-state index < -0.39 is 10.0 Å². The lowest BCUT2D eigenvalue weighted by atomic mass is 9.89. The number of nitrogens with two attached hydrogens (primary N) is 1. The molecule has 0 aliphatic heterocycles. The molecule has 1 fully saturated rings. The van der Waals surface area contributed by atoms with Gasteiger partial charge in [-0.2, -0.15) is 0 Å². The van der Waals surface area contributed by atoms with E-state index in [1.165, 1.54) is 24.6 Å². The number of hydrogen-bond acceptors (Lipinski definition) is 4. The molecule has 118 valence electrons. The van der Waals surface area contributed by atoms with Gasteiger partial charge in [0.25, 0.3) is 0 Å². The van der Waals surface area contributed by atoms with E-state index in [1.54, 1.807) is 0 Å². The first kappa shape index (κ1) is 16.6. The van der Waals surface area contributed by atoms with E-state index in [0.717, 1.165) is 17.7 Å². The molecule has 3 N–H and O–H groups in total. The lowest BCUT2D eigenvalue weighted by Gasteiger charge is -2.23. The second kappa shape index (κ2) is 7.03. The zero-order valence-corrected chi connectivity index (χ0v) is 14.1. The van der Waals surface area contributed by atoms with Crippen LogP contribution in [-0.2, 0) is 10.0 Å². The van der Waals surface area contributed by atoms with Crippen molar-refractivity contribution in [2.75, 3.05) is 23.8 Å². The molecule has 1 aromatic carbocycles. The van der Waals surface area contributed by atoms with Gasteiger partial charge < -0.3 is 5.73 Å². The Labute approximate surface area is 131 Å². The average molecular weight is 329 g/mol. The van der Waals surface area contributed by atoms with Crippen molar-refractivity contribution in [1.82, 2.24) is 4.72 Å². The molecule has 0 unspecified atom stereocenters. The van der Waals surface area contributed by atoms with Crippen LogP contribution in [0.1, 0.15) is 32.6 Å². The van der Waals surface area contributed by atoms with Gasteiger partial charge in [0.2, 0.25) is 10.0 Å². The number of benzene rings is 1. The van der Waals surface area contributed by atoms with E-state index in [1.807, 2.05) is 24.3 Å². The van der Waals surface area contributed by atoms with Crippen molar-refractivity contribution in [3.63, 3.8) is 0 Å². The molecule has 2 rings (SSSR count). The molecular formula is C15H24N2O2S2.